The van der Waals surface area contributed by atoms with Gasteiger partial charge in [-0.3, -0.25) is 4.79 Å². The molecule has 2 heterocycles. The third-order valence-corrected chi connectivity index (χ3v) is 3.75. The maximum atomic E-state index is 11.8. The number of pyridine rings is 1. The zero-order valence-electron chi connectivity index (χ0n) is 9.56. The SMILES string of the molecule is O=c1cc[nH]c2c1c(I)cn2Cc1ccccc1. The molecular weight excluding hydrogens is 339 g/mol. The van der Waals surface area contributed by atoms with Crippen LogP contribution in [0.5, 0.6) is 0 Å². The van der Waals surface area contributed by atoms with Crippen LogP contribution in [0.3, 0.4) is 0 Å². The van der Waals surface area contributed by atoms with Crippen LogP contribution in [-0.2, 0) is 6.54 Å². The van der Waals surface area contributed by atoms with Crippen LogP contribution in [0, 0.1) is 3.57 Å². The highest BCUT2D eigenvalue weighted by Crippen LogP contribution is 2.19. The van der Waals surface area contributed by atoms with Crippen molar-refractivity contribution in [3.63, 3.8) is 0 Å². The largest absolute Gasteiger partial charge is 0.347 e. The number of aromatic nitrogens is 2. The molecule has 0 saturated carbocycles. The average Bonchev–Trinajstić information content (AvgIpc) is 2.69. The molecule has 0 saturated heterocycles. The van der Waals surface area contributed by atoms with E-state index in [2.05, 4.69) is 44.3 Å². The van der Waals surface area contributed by atoms with E-state index in [0.29, 0.717) is 0 Å². The summed E-state index contributed by atoms with van der Waals surface area (Å²) in [5.74, 6) is 0. The second-order valence-corrected chi connectivity index (χ2v) is 5.32. The van der Waals surface area contributed by atoms with Gasteiger partial charge in [0.15, 0.2) is 5.43 Å². The second kappa shape index (κ2) is 4.61. The number of benzene rings is 1. The van der Waals surface area contributed by atoms with Crippen LogP contribution in [0.1, 0.15) is 5.56 Å². The number of nitrogens with one attached hydrogen (secondary N) is 1. The monoisotopic (exact) mass is 350 g/mol. The molecule has 0 bridgehead atoms. The molecule has 0 fully saturated rings. The molecule has 90 valence electrons. The predicted molar refractivity (Wildman–Crippen MR) is 80.8 cm³/mol. The molecule has 0 unspecified atom stereocenters. The van der Waals surface area contributed by atoms with E-state index in [1.54, 1.807) is 12.3 Å². The lowest BCUT2D eigenvalue weighted by Crippen LogP contribution is -2.03. The summed E-state index contributed by atoms with van der Waals surface area (Å²) in [6.45, 7) is 0.764. The molecule has 0 aliphatic heterocycles. The van der Waals surface area contributed by atoms with Crippen molar-refractivity contribution in [2.45, 2.75) is 6.54 Å². The molecule has 0 spiro atoms. The Labute approximate surface area is 118 Å². The minimum Gasteiger partial charge on any atom is -0.347 e. The molecule has 1 aromatic carbocycles. The van der Waals surface area contributed by atoms with Crippen LogP contribution in [0.2, 0.25) is 0 Å². The summed E-state index contributed by atoms with van der Waals surface area (Å²) in [6, 6.07) is 11.8. The van der Waals surface area contributed by atoms with Crippen molar-refractivity contribution in [2.24, 2.45) is 0 Å². The van der Waals surface area contributed by atoms with Gasteiger partial charge in [0.05, 0.1) is 5.39 Å². The number of halogens is 1. The molecule has 1 N–H and O–H groups in total. The fraction of sp³-hybridized carbons (Fsp3) is 0.0714. The molecule has 3 nitrogen and oxygen atoms in total. The number of H-pyrrole nitrogens is 1. The number of aromatic amines is 1. The number of rotatable bonds is 2. The van der Waals surface area contributed by atoms with Gasteiger partial charge in [0.25, 0.3) is 0 Å². The van der Waals surface area contributed by atoms with Crippen molar-refractivity contribution in [1.82, 2.24) is 9.55 Å². The Morgan fingerprint density at radius 1 is 1.17 bits per heavy atom. The molecule has 3 aromatic rings. The Morgan fingerprint density at radius 2 is 1.94 bits per heavy atom. The van der Waals surface area contributed by atoms with Crippen molar-refractivity contribution < 1.29 is 0 Å². The summed E-state index contributed by atoms with van der Waals surface area (Å²) < 4.78 is 3.06. The van der Waals surface area contributed by atoms with Gasteiger partial charge in [-0.2, -0.15) is 0 Å². The van der Waals surface area contributed by atoms with E-state index in [-0.39, 0.29) is 5.43 Å². The minimum absolute atomic E-state index is 0.0694. The number of hydrogen-bond donors (Lipinski definition) is 1. The Balaban J connectivity index is 2.14. The third kappa shape index (κ3) is 1.96. The average molecular weight is 350 g/mol. The van der Waals surface area contributed by atoms with Gasteiger partial charge >= 0.3 is 0 Å². The molecular formula is C14H11IN2O. The van der Waals surface area contributed by atoms with Gasteiger partial charge in [0.1, 0.15) is 5.65 Å². The topological polar surface area (TPSA) is 37.8 Å². The zero-order chi connectivity index (χ0) is 12.5. The van der Waals surface area contributed by atoms with Crippen molar-refractivity contribution in [3.8, 4) is 0 Å². The molecule has 0 radical (unpaired) electrons. The van der Waals surface area contributed by atoms with Crippen LogP contribution in [-0.4, -0.2) is 9.55 Å². The van der Waals surface area contributed by atoms with Crippen LogP contribution < -0.4 is 5.43 Å². The molecule has 3 rings (SSSR count). The van der Waals surface area contributed by atoms with E-state index >= 15 is 0 Å². The van der Waals surface area contributed by atoms with Crippen molar-refractivity contribution in [1.29, 1.82) is 0 Å². The fourth-order valence-electron chi connectivity index (χ4n) is 2.10. The van der Waals surface area contributed by atoms with Crippen molar-refractivity contribution >= 4 is 33.6 Å². The van der Waals surface area contributed by atoms with Gasteiger partial charge in [-0.25, -0.2) is 0 Å². The second-order valence-electron chi connectivity index (χ2n) is 4.16. The first kappa shape index (κ1) is 11.5. The first-order chi connectivity index (χ1) is 8.75. The molecule has 0 atom stereocenters. The minimum atomic E-state index is 0.0694. The van der Waals surface area contributed by atoms with Gasteiger partial charge in [-0.05, 0) is 28.2 Å². The Kier molecular flexibility index (Phi) is 2.95. The predicted octanol–water partition coefficient (Wildman–Crippen LogP) is 2.98. The van der Waals surface area contributed by atoms with Crippen molar-refractivity contribution in [3.05, 3.63) is 68.1 Å². The molecule has 18 heavy (non-hydrogen) atoms. The van der Waals surface area contributed by atoms with Gasteiger partial charge < -0.3 is 9.55 Å². The van der Waals surface area contributed by atoms with E-state index in [1.165, 1.54) is 5.56 Å². The lowest BCUT2D eigenvalue weighted by molar-refractivity contribution is 0.823. The van der Waals surface area contributed by atoms with E-state index in [1.807, 2.05) is 24.4 Å². The van der Waals surface area contributed by atoms with Crippen molar-refractivity contribution in [2.75, 3.05) is 0 Å². The van der Waals surface area contributed by atoms with Gasteiger partial charge in [0.2, 0.25) is 0 Å². The summed E-state index contributed by atoms with van der Waals surface area (Å²) in [7, 11) is 0. The van der Waals surface area contributed by atoms with E-state index in [4.69, 9.17) is 0 Å². The van der Waals surface area contributed by atoms with Gasteiger partial charge in [-0.1, -0.05) is 30.3 Å². The Hall–Kier alpha value is -1.56. The first-order valence-electron chi connectivity index (χ1n) is 5.65. The lowest BCUT2D eigenvalue weighted by Gasteiger charge is -2.04. The summed E-state index contributed by atoms with van der Waals surface area (Å²) >= 11 is 2.21. The van der Waals surface area contributed by atoms with Crippen LogP contribution in [0.15, 0.2) is 53.6 Å². The van der Waals surface area contributed by atoms with E-state index < -0.39 is 0 Å². The standard InChI is InChI=1S/C14H11IN2O/c15-11-9-17(8-10-4-2-1-3-5-10)14-13(11)12(18)6-7-16-14/h1-7,9H,8H2,(H,16,18). The summed E-state index contributed by atoms with van der Waals surface area (Å²) in [6.07, 6.45) is 3.71. The molecule has 0 aliphatic carbocycles. The number of nitrogens with zero attached hydrogens (tertiary/aromatic N) is 1. The van der Waals surface area contributed by atoms with Crippen LogP contribution >= 0.6 is 22.6 Å². The highest BCUT2D eigenvalue weighted by molar-refractivity contribution is 14.1. The van der Waals surface area contributed by atoms with Gasteiger partial charge in [0, 0.05) is 28.6 Å². The quantitative estimate of drug-likeness (QED) is 0.709. The lowest BCUT2D eigenvalue weighted by atomic mass is 10.2. The van der Waals surface area contributed by atoms with Gasteiger partial charge in [-0.15, -0.1) is 0 Å². The van der Waals surface area contributed by atoms with Crippen LogP contribution in [0.4, 0.5) is 0 Å². The molecule has 4 heteroatoms. The van der Waals surface area contributed by atoms with E-state index in [0.717, 1.165) is 21.1 Å². The first-order valence-corrected chi connectivity index (χ1v) is 6.73. The maximum Gasteiger partial charge on any atom is 0.192 e. The zero-order valence-corrected chi connectivity index (χ0v) is 11.7. The smallest absolute Gasteiger partial charge is 0.192 e. The Bertz CT molecular complexity index is 743. The highest BCUT2D eigenvalue weighted by Gasteiger charge is 2.09. The summed E-state index contributed by atoms with van der Waals surface area (Å²) in [4.78, 5) is 15.0. The third-order valence-electron chi connectivity index (χ3n) is 2.93. The number of hydrogen-bond acceptors (Lipinski definition) is 1. The normalized spacial score (nSPS) is 10.9. The van der Waals surface area contributed by atoms with E-state index in [9.17, 15) is 4.79 Å². The highest BCUT2D eigenvalue weighted by atomic mass is 127. The maximum absolute atomic E-state index is 11.8. The Morgan fingerprint density at radius 3 is 2.72 bits per heavy atom. The molecule has 0 amide bonds. The van der Waals surface area contributed by atoms with Crippen LogP contribution in [0.25, 0.3) is 11.0 Å². The summed E-state index contributed by atoms with van der Waals surface area (Å²) in [5, 5.41) is 0.772. The number of fused-ring (bicyclic) bond motifs is 1. The fourth-order valence-corrected chi connectivity index (χ4v) is 2.95. The molecule has 2 aromatic heterocycles. The molecule has 0 aliphatic rings. The summed E-state index contributed by atoms with van der Waals surface area (Å²) in [5.41, 5.74) is 2.17.